The van der Waals surface area contributed by atoms with Crippen molar-refractivity contribution in [3.63, 3.8) is 0 Å². The minimum atomic E-state index is -0.769. The molecule has 2 atom stereocenters. The second-order valence-electron chi connectivity index (χ2n) is 6.01. The van der Waals surface area contributed by atoms with Crippen molar-refractivity contribution in [1.82, 2.24) is 5.32 Å². The lowest BCUT2D eigenvalue weighted by Gasteiger charge is -2.17. The highest BCUT2D eigenvalue weighted by molar-refractivity contribution is 5.80. The van der Waals surface area contributed by atoms with E-state index in [1.165, 1.54) is 0 Å². The highest BCUT2D eigenvalue weighted by atomic mass is 16.5. The van der Waals surface area contributed by atoms with Gasteiger partial charge >= 0.3 is 5.97 Å². The van der Waals surface area contributed by atoms with Gasteiger partial charge in [-0.05, 0) is 43.9 Å². The van der Waals surface area contributed by atoms with Crippen LogP contribution in [0.25, 0.3) is 0 Å². The second-order valence-corrected chi connectivity index (χ2v) is 6.01. The minimum Gasteiger partial charge on any atom is -0.481 e. The lowest BCUT2D eigenvalue weighted by molar-refractivity contribution is -0.141. The molecule has 0 radical (unpaired) electrons. The Hall–Kier alpha value is -1.10. The molecule has 108 valence electrons. The van der Waals surface area contributed by atoms with Gasteiger partial charge in [-0.25, -0.2) is 0 Å². The fourth-order valence-corrected chi connectivity index (χ4v) is 2.87. The zero-order valence-electron chi connectivity index (χ0n) is 11.5. The minimum absolute atomic E-state index is 0.0347. The van der Waals surface area contributed by atoms with Gasteiger partial charge < -0.3 is 15.2 Å². The van der Waals surface area contributed by atoms with Crippen LogP contribution in [-0.2, 0) is 14.3 Å². The van der Waals surface area contributed by atoms with E-state index in [1.807, 2.05) is 0 Å². The summed E-state index contributed by atoms with van der Waals surface area (Å²) in [5, 5.41) is 11.9. The van der Waals surface area contributed by atoms with E-state index in [4.69, 9.17) is 9.84 Å². The second kappa shape index (κ2) is 5.90. The number of hydrogen-bond acceptors (Lipinski definition) is 3. The van der Waals surface area contributed by atoms with Gasteiger partial charge in [0.15, 0.2) is 0 Å². The largest absolute Gasteiger partial charge is 0.481 e. The molecule has 0 saturated heterocycles. The summed E-state index contributed by atoms with van der Waals surface area (Å²) in [5.74, 6) is -1.18. The van der Waals surface area contributed by atoms with E-state index in [0.29, 0.717) is 25.8 Å². The highest BCUT2D eigenvalue weighted by Crippen LogP contribution is 2.48. The third-order valence-corrected chi connectivity index (χ3v) is 4.58. The molecule has 2 aliphatic carbocycles. The number of carbonyl (C=O) groups is 2. The molecule has 1 amide bonds. The van der Waals surface area contributed by atoms with Crippen molar-refractivity contribution in [3.8, 4) is 0 Å². The van der Waals surface area contributed by atoms with Gasteiger partial charge in [-0.2, -0.15) is 0 Å². The van der Waals surface area contributed by atoms with Crippen molar-refractivity contribution in [2.75, 3.05) is 20.3 Å². The molecule has 0 aromatic carbocycles. The lowest BCUT2D eigenvalue weighted by Crippen LogP contribution is -2.34. The Labute approximate surface area is 113 Å². The standard InChI is InChI=1S/C14H23NO4/c1-19-7-6-14(4-5-14)9-15-12(16)10-2-3-11(8-10)13(17)18/h10-11H,2-9H2,1H3,(H,15,16)(H,17,18). The first-order valence-corrected chi connectivity index (χ1v) is 7.06. The van der Waals surface area contributed by atoms with Crippen LogP contribution >= 0.6 is 0 Å². The van der Waals surface area contributed by atoms with E-state index in [9.17, 15) is 9.59 Å². The van der Waals surface area contributed by atoms with E-state index in [-0.39, 0.29) is 23.2 Å². The van der Waals surface area contributed by atoms with E-state index >= 15 is 0 Å². The molecular formula is C14H23NO4. The quantitative estimate of drug-likeness (QED) is 0.733. The molecule has 0 aromatic rings. The lowest BCUT2D eigenvalue weighted by atomic mass is 10.0. The van der Waals surface area contributed by atoms with Crippen molar-refractivity contribution in [1.29, 1.82) is 0 Å². The first kappa shape index (κ1) is 14.3. The fourth-order valence-electron chi connectivity index (χ4n) is 2.87. The molecule has 2 N–H and O–H groups in total. The summed E-state index contributed by atoms with van der Waals surface area (Å²) in [7, 11) is 1.69. The Morgan fingerprint density at radius 3 is 2.53 bits per heavy atom. The SMILES string of the molecule is COCCC1(CNC(=O)C2CCC(C(=O)O)C2)CC1. The van der Waals surface area contributed by atoms with Crippen molar-refractivity contribution < 1.29 is 19.4 Å². The number of carboxylic acids is 1. The maximum Gasteiger partial charge on any atom is 0.306 e. The van der Waals surface area contributed by atoms with Crippen LogP contribution in [0.5, 0.6) is 0 Å². The number of nitrogens with one attached hydrogen (secondary N) is 1. The fraction of sp³-hybridized carbons (Fsp3) is 0.857. The van der Waals surface area contributed by atoms with Crippen molar-refractivity contribution in [3.05, 3.63) is 0 Å². The molecule has 2 rings (SSSR count). The van der Waals surface area contributed by atoms with E-state index in [2.05, 4.69) is 5.32 Å². The van der Waals surface area contributed by atoms with E-state index in [0.717, 1.165) is 25.9 Å². The summed E-state index contributed by atoms with van der Waals surface area (Å²) in [5.41, 5.74) is 0.247. The Morgan fingerprint density at radius 2 is 2.00 bits per heavy atom. The van der Waals surface area contributed by atoms with Crippen LogP contribution in [0.15, 0.2) is 0 Å². The van der Waals surface area contributed by atoms with Gasteiger partial charge in [-0.3, -0.25) is 9.59 Å². The normalized spacial score (nSPS) is 28.1. The molecule has 0 aliphatic heterocycles. The molecule has 5 heteroatoms. The summed E-state index contributed by atoms with van der Waals surface area (Å²) in [6.45, 7) is 1.45. The maximum atomic E-state index is 12.0. The summed E-state index contributed by atoms with van der Waals surface area (Å²) in [4.78, 5) is 22.9. The number of ether oxygens (including phenoxy) is 1. The summed E-state index contributed by atoms with van der Waals surface area (Å²) < 4.78 is 5.09. The number of hydrogen-bond donors (Lipinski definition) is 2. The van der Waals surface area contributed by atoms with Gasteiger partial charge in [0, 0.05) is 26.2 Å². The predicted octanol–water partition coefficient (Wildman–Crippen LogP) is 1.42. The van der Waals surface area contributed by atoms with Gasteiger partial charge in [0.1, 0.15) is 0 Å². The molecule has 0 spiro atoms. The van der Waals surface area contributed by atoms with Crippen LogP contribution in [0.1, 0.15) is 38.5 Å². The van der Waals surface area contributed by atoms with Crippen LogP contribution in [-0.4, -0.2) is 37.2 Å². The first-order valence-electron chi connectivity index (χ1n) is 7.06. The smallest absolute Gasteiger partial charge is 0.306 e. The number of rotatable bonds is 7. The summed E-state index contributed by atoms with van der Waals surface area (Å²) in [6.07, 6.45) is 5.12. The zero-order valence-corrected chi connectivity index (χ0v) is 11.5. The summed E-state index contributed by atoms with van der Waals surface area (Å²) in [6, 6.07) is 0. The Morgan fingerprint density at radius 1 is 1.32 bits per heavy atom. The van der Waals surface area contributed by atoms with E-state index < -0.39 is 5.97 Å². The van der Waals surface area contributed by atoms with E-state index in [1.54, 1.807) is 7.11 Å². The Bertz CT molecular complexity index is 351. The molecule has 2 fully saturated rings. The average molecular weight is 269 g/mol. The molecule has 0 heterocycles. The third kappa shape index (κ3) is 3.69. The van der Waals surface area contributed by atoms with Gasteiger partial charge in [-0.15, -0.1) is 0 Å². The van der Waals surface area contributed by atoms with Gasteiger partial charge in [0.2, 0.25) is 5.91 Å². The maximum absolute atomic E-state index is 12.0. The van der Waals surface area contributed by atoms with Crippen LogP contribution in [0.4, 0.5) is 0 Å². The molecule has 19 heavy (non-hydrogen) atoms. The molecule has 5 nitrogen and oxygen atoms in total. The summed E-state index contributed by atoms with van der Waals surface area (Å²) >= 11 is 0. The van der Waals surface area contributed by atoms with Crippen molar-refractivity contribution in [2.24, 2.45) is 17.3 Å². The van der Waals surface area contributed by atoms with Crippen LogP contribution in [0.3, 0.4) is 0 Å². The number of carbonyl (C=O) groups excluding carboxylic acids is 1. The number of amides is 1. The van der Waals surface area contributed by atoms with Crippen molar-refractivity contribution in [2.45, 2.75) is 38.5 Å². The Kier molecular flexibility index (Phi) is 4.45. The topological polar surface area (TPSA) is 75.6 Å². The molecule has 2 saturated carbocycles. The Balaban J connectivity index is 1.72. The molecule has 0 aromatic heterocycles. The van der Waals surface area contributed by atoms with Gasteiger partial charge in [0.05, 0.1) is 5.92 Å². The monoisotopic (exact) mass is 269 g/mol. The molecule has 2 unspecified atom stereocenters. The third-order valence-electron chi connectivity index (χ3n) is 4.58. The van der Waals surface area contributed by atoms with Crippen LogP contribution in [0, 0.1) is 17.3 Å². The molecule has 2 aliphatic rings. The predicted molar refractivity (Wildman–Crippen MR) is 69.6 cm³/mol. The molecule has 0 bridgehead atoms. The highest BCUT2D eigenvalue weighted by Gasteiger charge is 2.43. The van der Waals surface area contributed by atoms with Gasteiger partial charge in [-0.1, -0.05) is 0 Å². The number of methoxy groups -OCH3 is 1. The van der Waals surface area contributed by atoms with Crippen LogP contribution < -0.4 is 5.32 Å². The number of aliphatic carboxylic acids is 1. The van der Waals surface area contributed by atoms with Gasteiger partial charge in [0.25, 0.3) is 0 Å². The molecular weight excluding hydrogens is 246 g/mol. The first-order chi connectivity index (χ1) is 9.06. The average Bonchev–Trinajstić information content (AvgIpc) is 2.97. The van der Waals surface area contributed by atoms with Crippen molar-refractivity contribution >= 4 is 11.9 Å². The zero-order chi connectivity index (χ0) is 13.9. The van der Waals surface area contributed by atoms with Crippen LogP contribution in [0.2, 0.25) is 0 Å². The number of carboxylic acid groups (broad SMARTS) is 1.